The number of nitrogens with zero attached hydrogens (tertiary/aromatic N) is 2. The van der Waals surface area contributed by atoms with E-state index in [0.717, 1.165) is 17.3 Å². The van der Waals surface area contributed by atoms with Crippen molar-refractivity contribution >= 4 is 5.82 Å². The fourth-order valence-corrected chi connectivity index (χ4v) is 1.41. The highest BCUT2D eigenvalue weighted by Gasteiger charge is 2.33. The fraction of sp³-hybridized carbons (Fsp3) is 0.375. The summed E-state index contributed by atoms with van der Waals surface area (Å²) >= 11 is 0. The molecule has 0 bridgehead atoms. The Labute approximate surface area is 77.7 Å². The van der Waals surface area contributed by atoms with Crippen molar-refractivity contribution in [2.45, 2.75) is 12.6 Å². The van der Waals surface area contributed by atoms with E-state index >= 15 is 0 Å². The topological polar surface area (TPSA) is 36.4 Å². The van der Waals surface area contributed by atoms with Crippen molar-refractivity contribution < 1.29 is 18.4 Å². The van der Waals surface area contributed by atoms with Crippen LogP contribution in [0.3, 0.4) is 0 Å². The Morgan fingerprint density at radius 2 is 2.14 bits per heavy atom. The molecule has 0 aliphatic carbocycles. The van der Waals surface area contributed by atoms with Gasteiger partial charge in [0.1, 0.15) is 0 Å². The number of hydroxylamine groups is 1. The van der Waals surface area contributed by atoms with Crippen molar-refractivity contribution in [1.82, 2.24) is 4.98 Å². The van der Waals surface area contributed by atoms with Gasteiger partial charge in [-0.2, -0.15) is 13.2 Å². The van der Waals surface area contributed by atoms with Crippen molar-refractivity contribution in [1.29, 1.82) is 0 Å². The Balaban J connectivity index is 2.42. The molecule has 0 unspecified atom stereocenters. The smallest absolute Gasteiger partial charge is 0.287 e. The summed E-state index contributed by atoms with van der Waals surface area (Å²) in [5.74, 6) is 0.220. The Morgan fingerprint density at radius 1 is 1.43 bits per heavy atom. The van der Waals surface area contributed by atoms with Gasteiger partial charge in [-0.1, -0.05) is 0 Å². The van der Waals surface area contributed by atoms with Gasteiger partial charge in [-0.3, -0.25) is 5.21 Å². The van der Waals surface area contributed by atoms with Crippen LogP contribution in [0.4, 0.5) is 19.0 Å². The van der Waals surface area contributed by atoms with Crippen LogP contribution in [0, 0.1) is 0 Å². The highest BCUT2D eigenvalue weighted by atomic mass is 19.4. The molecular formula is C8H7F3N2O. The fourth-order valence-electron chi connectivity index (χ4n) is 1.41. The van der Waals surface area contributed by atoms with Crippen molar-refractivity contribution in [2.75, 3.05) is 11.6 Å². The Hall–Kier alpha value is -1.30. The first-order valence-electron chi connectivity index (χ1n) is 4.01. The maximum Gasteiger partial charge on any atom is 0.417 e. The highest BCUT2D eigenvalue weighted by Crippen LogP contribution is 2.33. The third-order valence-corrected chi connectivity index (χ3v) is 2.11. The largest absolute Gasteiger partial charge is 0.417 e. The second-order valence-corrected chi connectivity index (χ2v) is 3.08. The third-order valence-electron chi connectivity index (χ3n) is 2.11. The van der Waals surface area contributed by atoms with Gasteiger partial charge in [0.2, 0.25) is 0 Å². The van der Waals surface area contributed by atoms with Crippen LogP contribution in [0.25, 0.3) is 0 Å². The van der Waals surface area contributed by atoms with E-state index in [9.17, 15) is 13.2 Å². The highest BCUT2D eigenvalue weighted by molar-refractivity contribution is 5.50. The van der Waals surface area contributed by atoms with Gasteiger partial charge in [0, 0.05) is 6.20 Å². The molecule has 14 heavy (non-hydrogen) atoms. The van der Waals surface area contributed by atoms with Gasteiger partial charge < -0.3 is 0 Å². The second kappa shape index (κ2) is 2.84. The SMILES string of the molecule is ON1CCc2cc(C(F)(F)F)cnc21. The minimum absolute atomic E-state index is 0.220. The second-order valence-electron chi connectivity index (χ2n) is 3.08. The van der Waals surface area contributed by atoms with E-state index in [1.165, 1.54) is 0 Å². The molecule has 1 N–H and O–H groups in total. The molecule has 0 saturated carbocycles. The van der Waals surface area contributed by atoms with Gasteiger partial charge in [-0.25, -0.2) is 10.0 Å². The summed E-state index contributed by atoms with van der Waals surface area (Å²) in [5, 5.41) is 10.0. The van der Waals surface area contributed by atoms with Crippen molar-refractivity contribution in [3.8, 4) is 0 Å². The lowest BCUT2D eigenvalue weighted by Gasteiger charge is -2.10. The molecule has 0 spiro atoms. The summed E-state index contributed by atoms with van der Waals surface area (Å²) in [6.07, 6.45) is -3.25. The van der Waals surface area contributed by atoms with Gasteiger partial charge in [-0.15, -0.1) is 0 Å². The number of pyridine rings is 1. The van der Waals surface area contributed by atoms with E-state index in [4.69, 9.17) is 5.21 Å². The number of fused-ring (bicyclic) bond motifs is 1. The Morgan fingerprint density at radius 3 is 2.79 bits per heavy atom. The van der Waals surface area contributed by atoms with Gasteiger partial charge in [-0.05, 0) is 18.1 Å². The average molecular weight is 204 g/mol. The minimum atomic E-state index is -4.37. The van der Waals surface area contributed by atoms with Crippen LogP contribution >= 0.6 is 0 Å². The Kier molecular flexibility index (Phi) is 1.88. The lowest BCUT2D eigenvalue weighted by Crippen LogP contribution is -2.15. The third kappa shape index (κ3) is 1.41. The van der Waals surface area contributed by atoms with E-state index in [0.29, 0.717) is 18.5 Å². The zero-order valence-electron chi connectivity index (χ0n) is 7.04. The molecule has 0 aromatic carbocycles. The summed E-state index contributed by atoms with van der Waals surface area (Å²) < 4.78 is 36.7. The first-order valence-corrected chi connectivity index (χ1v) is 4.01. The van der Waals surface area contributed by atoms with Crippen molar-refractivity contribution in [3.05, 3.63) is 23.4 Å². The van der Waals surface area contributed by atoms with Gasteiger partial charge in [0.25, 0.3) is 0 Å². The molecule has 1 aliphatic rings. The van der Waals surface area contributed by atoms with Crippen LogP contribution in [0.5, 0.6) is 0 Å². The quantitative estimate of drug-likeness (QED) is 0.700. The molecule has 1 aliphatic heterocycles. The lowest BCUT2D eigenvalue weighted by atomic mass is 10.1. The molecule has 0 saturated heterocycles. The summed E-state index contributed by atoms with van der Waals surface area (Å²) in [7, 11) is 0. The van der Waals surface area contributed by atoms with E-state index < -0.39 is 11.7 Å². The maximum absolute atomic E-state index is 12.2. The summed E-state index contributed by atoms with van der Waals surface area (Å²) in [6, 6.07) is 1.03. The molecule has 1 aromatic heterocycles. The molecule has 3 nitrogen and oxygen atoms in total. The van der Waals surface area contributed by atoms with Crippen LogP contribution < -0.4 is 5.06 Å². The van der Waals surface area contributed by atoms with E-state index in [1.807, 2.05) is 0 Å². The molecular weight excluding hydrogens is 197 g/mol. The van der Waals surface area contributed by atoms with Crippen LogP contribution in [-0.4, -0.2) is 16.7 Å². The van der Waals surface area contributed by atoms with Crippen LogP contribution in [-0.2, 0) is 12.6 Å². The number of alkyl halides is 3. The molecule has 0 radical (unpaired) electrons. The normalized spacial score (nSPS) is 15.9. The molecule has 76 valence electrons. The van der Waals surface area contributed by atoms with Crippen molar-refractivity contribution in [3.63, 3.8) is 0 Å². The lowest BCUT2D eigenvalue weighted by molar-refractivity contribution is -0.137. The summed E-state index contributed by atoms with van der Waals surface area (Å²) in [6.45, 7) is 0.295. The molecule has 2 rings (SSSR count). The van der Waals surface area contributed by atoms with E-state index in [1.54, 1.807) is 0 Å². The number of halogens is 3. The first kappa shape index (κ1) is 9.26. The minimum Gasteiger partial charge on any atom is -0.287 e. The number of rotatable bonds is 0. The van der Waals surface area contributed by atoms with Gasteiger partial charge >= 0.3 is 6.18 Å². The first-order chi connectivity index (χ1) is 6.48. The zero-order valence-corrected chi connectivity index (χ0v) is 7.04. The molecule has 0 fully saturated rings. The molecule has 0 atom stereocenters. The van der Waals surface area contributed by atoms with Crippen LogP contribution in [0.1, 0.15) is 11.1 Å². The van der Waals surface area contributed by atoms with Crippen LogP contribution in [0.2, 0.25) is 0 Å². The number of hydrogen-bond acceptors (Lipinski definition) is 3. The predicted molar refractivity (Wildman–Crippen MR) is 42.1 cm³/mol. The number of aromatic nitrogens is 1. The molecule has 6 heteroatoms. The molecule has 2 heterocycles. The summed E-state index contributed by atoms with van der Waals surface area (Å²) in [4.78, 5) is 3.56. The van der Waals surface area contributed by atoms with E-state index in [2.05, 4.69) is 4.98 Å². The Bertz CT molecular complexity index is 364. The maximum atomic E-state index is 12.2. The predicted octanol–water partition coefficient (Wildman–Crippen LogP) is 1.85. The molecule has 0 amide bonds. The number of hydrogen-bond donors (Lipinski definition) is 1. The van der Waals surface area contributed by atoms with E-state index in [-0.39, 0.29) is 5.82 Å². The van der Waals surface area contributed by atoms with Gasteiger partial charge in [0.15, 0.2) is 5.82 Å². The molecule has 1 aromatic rings. The monoisotopic (exact) mass is 204 g/mol. The van der Waals surface area contributed by atoms with Crippen molar-refractivity contribution in [2.24, 2.45) is 0 Å². The van der Waals surface area contributed by atoms with Crippen LogP contribution in [0.15, 0.2) is 12.3 Å². The summed E-state index contributed by atoms with van der Waals surface area (Å²) in [5.41, 5.74) is -0.339. The van der Waals surface area contributed by atoms with Gasteiger partial charge in [0.05, 0.1) is 12.1 Å². The average Bonchev–Trinajstić information content (AvgIpc) is 2.46. The number of anilines is 1. The standard InChI is InChI=1S/C8H7F3N2O/c9-8(10,11)6-3-5-1-2-13(14)7(5)12-4-6/h3-4,14H,1-2H2. The zero-order chi connectivity index (χ0) is 10.3.